The van der Waals surface area contributed by atoms with Crippen molar-refractivity contribution in [2.24, 2.45) is 5.73 Å². The van der Waals surface area contributed by atoms with E-state index in [4.69, 9.17) is 20.3 Å². The first-order valence-corrected chi connectivity index (χ1v) is 9.31. The number of carboxylic acids is 1. The second kappa shape index (κ2) is 8.79. The van der Waals surface area contributed by atoms with Gasteiger partial charge in [-0.2, -0.15) is 0 Å². The molecule has 0 fully saturated rings. The van der Waals surface area contributed by atoms with Gasteiger partial charge in [0.2, 0.25) is 0 Å². The molecule has 1 aliphatic heterocycles. The zero-order chi connectivity index (χ0) is 21.0. The Morgan fingerprint density at radius 1 is 1.34 bits per heavy atom. The van der Waals surface area contributed by atoms with E-state index in [-0.39, 0.29) is 5.76 Å². The molecule has 0 aliphatic carbocycles. The van der Waals surface area contributed by atoms with Crippen LogP contribution in [-0.2, 0) is 31.9 Å². The fourth-order valence-corrected chi connectivity index (χ4v) is 3.71. The minimum Gasteiger partial charge on any atom is -0.480 e. The van der Waals surface area contributed by atoms with Crippen molar-refractivity contribution in [3.05, 3.63) is 71.6 Å². The van der Waals surface area contributed by atoms with Crippen molar-refractivity contribution in [2.45, 2.75) is 25.4 Å². The van der Waals surface area contributed by atoms with Gasteiger partial charge in [0.15, 0.2) is 12.7 Å². The number of fused-ring (bicyclic) bond motifs is 1. The molecule has 2 heterocycles. The van der Waals surface area contributed by atoms with Crippen LogP contribution in [0.1, 0.15) is 40.6 Å². The highest BCUT2D eigenvalue weighted by atomic mass is 16.5. The molecule has 1 unspecified atom stereocenters. The van der Waals surface area contributed by atoms with Crippen LogP contribution < -0.4 is 5.73 Å². The lowest BCUT2D eigenvalue weighted by atomic mass is 9.97. The number of primary amides is 1. The van der Waals surface area contributed by atoms with Crippen molar-refractivity contribution >= 4 is 23.8 Å². The predicted octanol–water partition coefficient (Wildman–Crippen LogP) is 2.74. The van der Waals surface area contributed by atoms with E-state index in [0.717, 1.165) is 23.2 Å². The maximum atomic E-state index is 12.2. The maximum absolute atomic E-state index is 12.2. The van der Waals surface area contributed by atoms with E-state index in [1.165, 1.54) is 0 Å². The largest absolute Gasteiger partial charge is 0.480 e. The first kappa shape index (κ1) is 20.4. The van der Waals surface area contributed by atoms with Gasteiger partial charge in [0.05, 0.1) is 5.69 Å². The molecule has 1 atom stereocenters. The Labute approximate surface area is 169 Å². The van der Waals surface area contributed by atoms with Crippen molar-refractivity contribution < 1.29 is 24.2 Å². The van der Waals surface area contributed by atoms with Gasteiger partial charge in [-0.05, 0) is 24.0 Å². The first-order valence-electron chi connectivity index (χ1n) is 9.31. The van der Waals surface area contributed by atoms with Crippen LogP contribution in [0.5, 0.6) is 0 Å². The lowest BCUT2D eigenvalue weighted by molar-refractivity contribution is -0.140. The number of carbonyl (C=O) groups is 2. The lowest BCUT2D eigenvalue weighted by Crippen LogP contribution is -2.25. The highest BCUT2D eigenvalue weighted by molar-refractivity contribution is 5.84. The fourth-order valence-electron chi connectivity index (χ4n) is 3.71. The molecule has 152 valence electrons. The summed E-state index contributed by atoms with van der Waals surface area (Å²) in [6, 6.07) is 9.89. The van der Waals surface area contributed by atoms with Crippen LogP contribution in [0.25, 0.3) is 12.0 Å². The number of ether oxygens (including phenoxy) is 2. The summed E-state index contributed by atoms with van der Waals surface area (Å²) in [6.45, 7) is 7.64. The SMILES string of the molecule is C=Cn1c(Cc2ccccc2)c2c(c1C(=C)OCC(=O)O)C(C(N)=O)OCCC2. The smallest absolute Gasteiger partial charge is 0.341 e. The van der Waals surface area contributed by atoms with Crippen molar-refractivity contribution in [1.82, 2.24) is 4.57 Å². The Morgan fingerprint density at radius 3 is 2.69 bits per heavy atom. The lowest BCUT2D eigenvalue weighted by Gasteiger charge is -2.17. The van der Waals surface area contributed by atoms with Crippen molar-refractivity contribution in [3.8, 4) is 0 Å². The van der Waals surface area contributed by atoms with Gasteiger partial charge < -0.3 is 24.9 Å². The van der Waals surface area contributed by atoms with E-state index in [9.17, 15) is 9.59 Å². The molecule has 3 N–H and O–H groups in total. The monoisotopic (exact) mass is 396 g/mol. The van der Waals surface area contributed by atoms with Crippen molar-refractivity contribution in [1.29, 1.82) is 0 Å². The van der Waals surface area contributed by atoms with Crippen LogP contribution in [0.3, 0.4) is 0 Å². The number of benzene rings is 1. The standard InChI is InChI=1S/C22H24N2O5/c1-3-24-17(12-15-8-5-4-6-9-15)16-10-7-11-28-21(22(23)27)19(16)20(24)14(2)29-13-18(25)26/h3-6,8-9,21H,1-2,7,10-13H2,(H2,23,27)(H,25,26). The molecule has 3 rings (SSSR count). The van der Waals surface area contributed by atoms with Crippen LogP contribution in [0.15, 0.2) is 43.5 Å². The van der Waals surface area contributed by atoms with Gasteiger partial charge >= 0.3 is 5.97 Å². The second-order valence-electron chi connectivity index (χ2n) is 6.76. The van der Waals surface area contributed by atoms with Crippen LogP contribution >= 0.6 is 0 Å². The number of amides is 1. The number of nitrogens with two attached hydrogens (primary N) is 1. The summed E-state index contributed by atoms with van der Waals surface area (Å²) in [6.07, 6.45) is 2.63. The van der Waals surface area contributed by atoms with Crippen LogP contribution in [-0.4, -0.2) is 34.8 Å². The van der Waals surface area contributed by atoms with Gasteiger partial charge in [0.25, 0.3) is 5.91 Å². The molecule has 0 saturated heterocycles. The summed E-state index contributed by atoms with van der Waals surface area (Å²) in [5.41, 5.74) is 9.62. The number of aromatic nitrogens is 1. The number of hydrogen-bond donors (Lipinski definition) is 2. The van der Waals surface area contributed by atoms with E-state index >= 15 is 0 Å². The third-order valence-corrected chi connectivity index (χ3v) is 4.87. The predicted molar refractivity (Wildman–Crippen MR) is 109 cm³/mol. The summed E-state index contributed by atoms with van der Waals surface area (Å²) < 4.78 is 12.9. The van der Waals surface area contributed by atoms with E-state index in [0.29, 0.717) is 30.7 Å². The zero-order valence-corrected chi connectivity index (χ0v) is 16.1. The van der Waals surface area contributed by atoms with Gasteiger partial charge in [0, 0.05) is 30.5 Å². The Balaban J connectivity index is 2.19. The minimum absolute atomic E-state index is 0.125. The number of rotatable bonds is 8. The van der Waals surface area contributed by atoms with Gasteiger partial charge in [-0.15, -0.1) is 0 Å². The second-order valence-corrected chi connectivity index (χ2v) is 6.76. The molecule has 7 nitrogen and oxygen atoms in total. The number of aliphatic carboxylic acids is 1. The summed E-state index contributed by atoms with van der Waals surface area (Å²) in [4.78, 5) is 23.1. The van der Waals surface area contributed by atoms with Gasteiger partial charge in [-0.25, -0.2) is 4.79 Å². The quantitative estimate of drug-likeness (QED) is 0.668. The molecular weight excluding hydrogens is 372 g/mol. The number of nitrogens with zero attached hydrogens (tertiary/aromatic N) is 1. The molecule has 1 aliphatic rings. The van der Waals surface area contributed by atoms with Crippen LogP contribution in [0.4, 0.5) is 0 Å². The molecule has 1 amide bonds. The average molecular weight is 396 g/mol. The van der Waals surface area contributed by atoms with Gasteiger partial charge in [-0.3, -0.25) is 4.79 Å². The third-order valence-electron chi connectivity index (χ3n) is 4.87. The third kappa shape index (κ3) is 4.25. The Morgan fingerprint density at radius 2 is 2.07 bits per heavy atom. The summed E-state index contributed by atoms with van der Waals surface area (Å²) in [5, 5.41) is 8.97. The molecule has 0 spiro atoms. The molecule has 0 bridgehead atoms. The fraction of sp³-hybridized carbons (Fsp3) is 0.273. The minimum atomic E-state index is -1.12. The van der Waals surface area contributed by atoms with Gasteiger partial charge in [-0.1, -0.05) is 43.5 Å². The molecule has 0 saturated carbocycles. The van der Waals surface area contributed by atoms with Crippen LogP contribution in [0.2, 0.25) is 0 Å². The summed E-state index contributed by atoms with van der Waals surface area (Å²) in [7, 11) is 0. The average Bonchev–Trinajstić information content (AvgIpc) is 2.85. The highest BCUT2D eigenvalue weighted by Gasteiger charge is 2.34. The summed E-state index contributed by atoms with van der Waals surface area (Å²) in [5.74, 6) is -1.62. The first-order chi connectivity index (χ1) is 13.9. The number of carboxylic acid groups (broad SMARTS) is 1. The van der Waals surface area contributed by atoms with E-state index in [1.54, 1.807) is 10.8 Å². The zero-order valence-electron chi connectivity index (χ0n) is 16.1. The number of hydrogen-bond acceptors (Lipinski definition) is 4. The van der Waals surface area contributed by atoms with Crippen LogP contribution in [0, 0.1) is 0 Å². The molecular formula is C22H24N2O5. The Kier molecular flexibility index (Phi) is 6.19. The highest BCUT2D eigenvalue weighted by Crippen LogP contribution is 2.38. The molecule has 29 heavy (non-hydrogen) atoms. The van der Waals surface area contributed by atoms with E-state index < -0.39 is 24.6 Å². The topological polar surface area (TPSA) is 104 Å². The molecule has 2 aromatic rings. The van der Waals surface area contributed by atoms with Gasteiger partial charge in [0.1, 0.15) is 5.76 Å². The number of carbonyl (C=O) groups excluding carboxylic acids is 1. The Bertz CT molecular complexity index is 946. The van der Waals surface area contributed by atoms with Crippen molar-refractivity contribution in [3.63, 3.8) is 0 Å². The van der Waals surface area contributed by atoms with E-state index in [1.807, 2.05) is 30.3 Å². The molecule has 1 aromatic carbocycles. The molecule has 7 heteroatoms. The normalized spacial score (nSPS) is 15.8. The summed E-state index contributed by atoms with van der Waals surface area (Å²) >= 11 is 0. The van der Waals surface area contributed by atoms with E-state index in [2.05, 4.69) is 13.2 Å². The molecule has 0 radical (unpaired) electrons. The van der Waals surface area contributed by atoms with Crippen molar-refractivity contribution in [2.75, 3.05) is 13.2 Å². The Hall–Kier alpha value is -3.32. The maximum Gasteiger partial charge on any atom is 0.341 e. The molecule has 1 aromatic heterocycles.